The third-order valence-corrected chi connectivity index (χ3v) is 4.89. The highest BCUT2D eigenvalue weighted by atomic mass is 35.5. The summed E-state index contributed by atoms with van der Waals surface area (Å²) in [6, 6.07) is 25.1. The summed E-state index contributed by atoms with van der Waals surface area (Å²) in [7, 11) is 0. The molecule has 3 aromatic carbocycles. The number of rotatable bonds is 3. The first-order valence-electron chi connectivity index (χ1n) is 10.3. The van der Waals surface area contributed by atoms with Gasteiger partial charge in [0.05, 0.1) is 5.69 Å². The van der Waals surface area contributed by atoms with Crippen LogP contribution in [-0.2, 0) is 0 Å². The van der Waals surface area contributed by atoms with Crippen molar-refractivity contribution in [2.75, 3.05) is 0 Å². The lowest BCUT2D eigenvalue weighted by molar-refractivity contribution is 1.27. The molecule has 4 rings (SSSR count). The van der Waals surface area contributed by atoms with Crippen LogP contribution in [0.1, 0.15) is 15.2 Å². The van der Waals surface area contributed by atoms with Crippen LogP contribution in [0.5, 0.6) is 0 Å². The fourth-order valence-electron chi connectivity index (χ4n) is 3.14. The van der Waals surface area contributed by atoms with Crippen LogP contribution >= 0.6 is 11.6 Å². The van der Waals surface area contributed by atoms with Crippen molar-refractivity contribution in [2.45, 2.75) is 13.8 Å². The van der Waals surface area contributed by atoms with Crippen LogP contribution < -0.4 is 0 Å². The molecule has 4 aromatic rings. The summed E-state index contributed by atoms with van der Waals surface area (Å²) >= 11 is 6.01. The first-order chi connectivity index (χ1) is 14.3. The summed E-state index contributed by atoms with van der Waals surface area (Å²) in [6.07, 6.45) is 1.89. The maximum atomic E-state index is 7.54. The van der Waals surface area contributed by atoms with Gasteiger partial charge >= 0.3 is 0 Å². The first-order valence-corrected chi connectivity index (χ1v) is 9.13. The molecule has 1 heterocycles. The van der Waals surface area contributed by atoms with Gasteiger partial charge in [-0.25, -0.2) is 0 Å². The van der Waals surface area contributed by atoms with E-state index in [1.165, 1.54) is 0 Å². The maximum Gasteiger partial charge on any atom is 0.0708 e. The largest absolute Gasteiger partial charge is 0.256 e. The van der Waals surface area contributed by atoms with Crippen molar-refractivity contribution in [3.63, 3.8) is 0 Å². The van der Waals surface area contributed by atoms with Crippen molar-refractivity contribution in [3.8, 4) is 33.5 Å². The van der Waals surface area contributed by atoms with E-state index < -0.39 is 6.85 Å². The van der Waals surface area contributed by atoms with Crippen LogP contribution in [0.3, 0.4) is 0 Å². The van der Waals surface area contributed by atoms with E-state index in [-0.39, 0.29) is 0 Å². The number of aryl methyl sites for hydroxylation is 2. The Hall–Kier alpha value is -2.90. The second-order valence-electron chi connectivity index (χ2n) is 6.55. The number of hydrogen-bond acceptors (Lipinski definition) is 1. The molecule has 0 aliphatic heterocycles. The lowest BCUT2D eigenvalue weighted by Crippen LogP contribution is -1.90. The SMILES string of the molecule is [2H]C([2H])([2H])c1ccc(-c2cccc(-c3cc(-c4ccc(Cl)cc4)ncc3C)c2)cc1. The Labute approximate surface area is 169 Å². The highest BCUT2D eigenvalue weighted by Crippen LogP contribution is 2.31. The number of nitrogens with zero attached hydrogens (tertiary/aromatic N) is 1. The van der Waals surface area contributed by atoms with Crippen LogP contribution in [-0.4, -0.2) is 4.98 Å². The van der Waals surface area contributed by atoms with Crippen molar-refractivity contribution >= 4 is 11.6 Å². The Morgan fingerprint density at radius 2 is 1.48 bits per heavy atom. The van der Waals surface area contributed by atoms with Crippen LogP contribution in [0.2, 0.25) is 5.02 Å². The lowest BCUT2D eigenvalue weighted by atomic mass is 9.96. The minimum Gasteiger partial charge on any atom is -0.256 e. The van der Waals surface area contributed by atoms with Crippen molar-refractivity contribution in [3.05, 3.63) is 101 Å². The van der Waals surface area contributed by atoms with E-state index in [9.17, 15) is 0 Å². The molecular weight excluding hydrogens is 350 g/mol. The van der Waals surface area contributed by atoms with Gasteiger partial charge in [-0.3, -0.25) is 4.98 Å². The minimum atomic E-state index is -2.09. The summed E-state index contributed by atoms with van der Waals surface area (Å²) in [5.74, 6) is 0. The molecule has 0 fully saturated rings. The van der Waals surface area contributed by atoms with Crippen molar-refractivity contribution in [1.29, 1.82) is 0 Å². The molecule has 132 valence electrons. The summed E-state index contributed by atoms with van der Waals surface area (Å²) in [4.78, 5) is 4.58. The molecule has 2 heteroatoms. The second kappa shape index (κ2) is 7.38. The fourth-order valence-corrected chi connectivity index (χ4v) is 3.27. The molecule has 27 heavy (non-hydrogen) atoms. The van der Waals surface area contributed by atoms with Gasteiger partial charge < -0.3 is 0 Å². The fraction of sp³-hybridized carbons (Fsp3) is 0.0800. The van der Waals surface area contributed by atoms with E-state index in [1.807, 2.05) is 61.7 Å². The zero-order chi connectivity index (χ0) is 21.3. The van der Waals surface area contributed by atoms with Crippen molar-refractivity contribution < 1.29 is 4.11 Å². The van der Waals surface area contributed by atoms with E-state index in [2.05, 4.69) is 23.2 Å². The van der Waals surface area contributed by atoms with Gasteiger partial charge in [-0.15, -0.1) is 0 Å². The van der Waals surface area contributed by atoms with Crippen molar-refractivity contribution in [2.24, 2.45) is 0 Å². The molecule has 0 amide bonds. The molecule has 0 bridgehead atoms. The van der Waals surface area contributed by atoms with Crippen molar-refractivity contribution in [1.82, 2.24) is 4.98 Å². The number of hydrogen-bond donors (Lipinski definition) is 0. The molecule has 1 nitrogen and oxygen atoms in total. The number of halogens is 1. The quantitative estimate of drug-likeness (QED) is 0.366. The Kier molecular flexibility index (Phi) is 3.88. The molecule has 0 atom stereocenters. The predicted molar refractivity (Wildman–Crippen MR) is 115 cm³/mol. The van der Waals surface area contributed by atoms with E-state index in [0.717, 1.165) is 39.1 Å². The molecule has 0 unspecified atom stereocenters. The standard InChI is InChI=1S/C25H20ClN/c1-17-6-8-19(9-7-17)21-4-3-5-22(14-21)24-15-25(27-16-18(24)2)20-10-12-23(26)13-11-20/h3-16H,1-2H3/i1D3. The summed E-state index contributed by atoms with van der Waals surface area (Å²) in [5.41, 5.74) is 7.54. The van der Waals surface area contributed by atoms with Crippen LogP contribution in [0.4, 0.5) is 0 Å². The third kappa shape index (κ3) is 3.79. The number of aromatic nitrogens is 1. The Morgan fingerprint density at radius 3 is 2.22 bits per heavy atom. The van der Waals surface area contributed by atoms with Gasteiger partial charge in [-0.05, 0) is 65.9 Å². The highest BCUT2D eigenvalue weighted by molar-refractivity contribution is 6.30. The number of benzene rings is 3. The first kappa shape index (κ1) is 14.2. The number of pyridine rings is 1. The summed E-state index contributed by atoms with van der Waals surface area (Å²) < 4.78 is 22.6. The molecule has 0 radical (unpaired) electrons. The van der Waals surface area contributed by atoms with Gasteiger partial charge in [0, 0.05) is 20.9 Å². The van der Waals surface area contributed by atoms with Gasteiger partial charge in [-0.2, -0.15) is 0 Å². The summed E-state index contributed by atoms with van der Waals surface area (Å²) in [5, 5.41) is 0.697. The lowest BCUT2D eigenvalue weighted by Gasteiger charge is -2.11. The van der Waals surface area contributed by atoms with Gasteiger partial charge in [0.2, 0.25) is 0 Å². The van der Waals surface area contributed by atoms with E-state index >= 15 is 0 Å². The van der Waals surface area contributed by atoms with Crippen LogP contribution in [0.15, 0.2) is 85.1 Å². The van der Waals surface area contributed by atoms with E-state index in [0.29, 0.717) is 10.6 Å². The van der Waals surface area contributed by atoms with Gasteiger partial charge in [0.1, 0.15) is 0 Å². The van der Waals surface area contributed by atoms with Crippen LogP contribution in [0, 0.1) is 13.8 Å². The van der Waals surface area contributed by atoms with Gasteiger partial charge in [-0.1, -0.05) is 71.8 Å². The summed E-state index contributed by atoms with van der Waals surface area (Å²) in [6.45, 7) is -0.0433. The molecule has 0 spiro atoms. The zero-order valence-corrected chi connectivity index (χ0v) is 15.7. The molecule has 0 N–H and O–H groups in total. The normalized spacial score (nSPS) is 12.9. The molecule has 1 aromatic heterocycles. The minimum absolute atomic E-state index is 0.347. The Balaban J connectivity index is 1.72. The monoisotopic (exact) mass is 372 g/mol. The Morgan fingerprint density at radius 1 is 0.778 bits per heavy atom. The third-order valence-electron chi connectivity index (χ3n) is 4.63. The van der Waals surface area contributed by atoms with Gasteiger partial charge in [0.15, 0.2) is 0 Å². The molecular formula is C25H20ClN. The van der Waals surface area contributed by atoms with Gasteiger partial charge in [0.25, 0.3) is 0 Å². The molecule has 0 aliphatic carbocycles. The topological polar surface area (TPSA) is 12.9 Å². The van der Waals surface area contributed by atoms with E-state index in [1.54, 1.807) is 12.1 Å². The Bertz CT molecular complexity index is 1180. The van der Waals surface area contributed by atoms with Crippen LogP contribution in [0.25, 0.3) is 33.5 Å². The molecule has 0 saturated heterocycles. The highest BCUT2D eigenvalue weighted by Gasteiger charge is 2.08. The zero-order valence-electron chi connectivity index (χ0n) is 17.9. The average Bonchev–Trinajstić information content (AvgIpc) is 2.74. The maximum absolute atomic E-state index is 7.54. The average molecular weight is 373 g/mol. The predicted octanol–water partition coefficient (Wildman–Crippen LogP) is 7.35. The smallest absolute Gasteiger partial charge is 0.0708 e. The molecule has 0 saturated carbocycles. The second-order valence-corrected chi connectivity index (χ2v) is 6.99. The van der Waals surface area contributed by atoms with E-state index in [4.69, 9.17) is 15.7 Å². The molecule has 0 aliphatic rings.